The van der Waals surface area contributed by atoms with Crippen LogP contribution in [0.5, 0.6) is 5.75 Å². The summed E-state index contributed by atoms with van der Waals surface area (Å²) in [6.45, 7) is 1.31. The highest BCUT2D eigenvalue weighted by Gasteiger charge is 2.26. The van der Waals surface area contributed by atoms with Crippen molar-refractivity contribution in [3.05, 3.63) is 33.9 Å². The number of para-hydroxylation sites is 1. The van der Waals surface area contributed by atoms with E-state index >= 15 is 0 Å². The summed E-state index contributed by atoms with van der Waals surface area (Å²) in [5.41, 5.74) is -0.803. The molecule has 108 valence electrons. The minimum atomic E-state index is -0.863. The average Bonchev–Trinajstić information content (AvgIpc) is 2.43. The second-order valence-electron chi connectivity index (χ2n) is 3.49. The molecule has 0 heterocycles. The molecule has 0 atom stereocenters. The van der Waals surface area contributed by atoms with Gasteiger partial charge in [0.2, 0.25) is 0 Å². The summed E-state index contributed by atoms with van der Waals surface area (Å²) in [7, 11) is 1.11. The smallest absolute Gasteiger partial charge is 0.345 e. The van der Waals surface area contributed by atoms with Gasteiger partial charge in [-0.25, -0.2) is 9.59 Å². The highest BCUT2D eigenvalue weighted by molar-refractivity contribution is 5.95. The molecule has 1 aromatic carbocycles. The Morgan fingerprint density at radius 2 is 2.05 bits per heavy atom. The third kappa shape index (κ3) is 3.67. The number of nitrogens with zero attached hydrogens (tertiary/aromatic N) is 1. The van der Waals surface area contributed by atoms with E-state index in [-0.39, 0.29) is 17.9 Å². The Balaban J connectivity index is 3.04. The van der Waals surface area contributed by atoms with Crippen LogP contribution < -0.4 is 4.74 Å². The second-order valence-corrected chi connectivity index (χ2v) is 3.49. The van der Waals surface area contributed by atoms with Gasteiger partial charge in [0.15, 0.2) is 12.4 Å². The number of hydrogen-bond acceptors (Lipinski definition) is 7. The van der Waals surface area contributed by atoms with E-state index < -0.39 is 29.2 Å². The number of carbonyl (C=O) groups excluding carboxylic acids is 2. The molecule has 0 bridgehead atoms. The number of nitro groups is 1. The molecule has 0 saturated carbocycles. The van der Waals surface area contributed by atoms with Gasteiger partial charge < -0.3 is 14.2 Å². The van der Waals surface area contributed by atoms with Crippen LogP contribution in [0.1, 0.15) is 17.3 Å². The van der Waals surface area contributed by atoms with Crippen LogP contribution in [0.3, 0.4) is 0 Å². The maximum atomic E-state index is 11.5. The van der Waals surface area contributed by atoms with Crippen molar-refractivity contribution in [2.24, 2.45) is 0 Å². The lowest BCUT2D eigenvalue weighted by atomic mass is 10.1. The Morgan fingerprint density at radius 3 is 2.60 bits per heavy atom. The summed E-state index contributed by atoms with van der Waals surface area (Å²) >= 11 is 0. The lowest BCUT2D eigenvalue weighted by Gasteiger charge is -2.08. The molecule has 0 amide bonds. The van der Waals surface area contributed by atoms with Crippen molar-refractivity contribution in [2.75, 3.05) is 20.3 Å². The van der Waals surface area contributed by atoms with Crippen LogP contribution in [0, 0.1) is 10.1 Å². The number of rotatable bonds is 6. The number of esters is 2. The van der Waals surface area contributed by atoms with Crippen molar-refractivity contribution in [1.82, 2.24) is 0 Å². The van der Waals surface area contributed by atoms with Crippen molar-refractivity contribution in [3.63, 3.8) is 0 Å². The predicted octanol–water partition coefficient (Wildman–Crippen LogP) is 1.32. The number of benzene rings is 1. The highest BCUT2D eigenvalue weighted by Crippen LogP contribution is 2.31. The molecule has 0 spiro atoms. The minimum absolute atomic E-state index is 0.173. The lowest BCUT2D eigenvalue weighted by molar-refractivity contribution is -0.386. The zero-order chi connectivity index (χ0) is 15.1. The van der Waals surface area contributed by atoms with Gasteiger partial charge >= 0.3 is 17.6 Å². The van der Waals surface area contributed by atoms with Crippen molar-refractivity contribution in [1.29, 1.82) is 0 Å². The molecule has 8 nitrogen and oxygen atoms in total. The summed E-state index contributed by atoms with van der Waals surface area (Å²) in [4.78, 5) is 32.9. The van der Waals surface area contributed by atoms with E-state index in [2.05, 4.69) is 9.47 Å². The quantitative estimate of drug-likeness (QED) is 0.440. The van der Waals surface area contributed by atoms with Gasteiger partial charge in [0, 0.05) is 0 Å². The van der Waals surface area contributed by atoms with Crippen LogP contribution in [0.25, 0.3) is 0 Å². The summed E-state index contributed by atoms with van der Waals surface area (Å²) in [6, 6.07) is 3.91. The van der Waals surface area contributed by atoms with E-state index in [1.165, 1.54) is 18.2 Å². The number of ether oxygens (including phenoxy) is 3. The molecule has 0 aromatic heterocycles. The zero-order valence-corrected chi connectivity index (χ0v) is 11.0. The lowest BCUT2D eigenvalue weighted by Crippen LogP contribution is -2.16. The van der Waals surface area contributed by atoms with Crippen molar-refractivity contribution in [2.45, 2.75) is 6.92 Å². The zero-order valence-electron chi connectivity index (χ0n) is 11.0. The summed E-state index contributed by atoms with van der Waals surface area (Å²) in [6.07, 6.45) is 0. The van der Waals surface area contributed by atoms with Gasteiger partial charge in [-0.1, -0.05) is 6.07 Å². The van der Waals surface area contributed by atoms with E-state index in [1.54, 1.807) is 6.92 Å². The predicted molar refractivity (Wildman–Crippen MR) is 66.6 cm³/mol. The fraction of sp³-hybridized carbons (Fsp3) is 0.333. The number of nitro benzene ring substituents is 1. The van der Waals surface area contributed by atoms with Crippen molar-refractivity contribution >= 4 is 17.6 Å². The van der Waals surface area contributed by atoms with Crippen LogP contribution >= 0.6 is 0 Å². The van der Waals surface area contributed by atoms with Gasteiger partial charge in [-0.05, 0) is 19.1 Å². The fourth-order valence-corrected chi connectivity index (χ4v) is 1.44. The normalized spacial score (nSPS) is 9.70. The molecule has 0 aliphatic carbocycles. The molecule has 0 unspecified atom stereocenters. The summed E-state index contributed by atoms with van der Waals surface area (Å²) in [5, 5.41) is 11.0. The van der Waals surface area contributed by atoms with Crippen molar-refractivity contribution in [3.8, 4) is 5.75 Å². The highest BCUT2D eigenvalue weighted by atomic mass is 16.6. The molecule has 0 aliphatic heterocycles. The van der Waals surface area contributed by atoms with E-state index in [0.29, 0.717) is 0 Å². The molecule has 0 saturated heterocycles. The monoisotopic (exact) mass is 283 g/mol. The maximum Gasteiger partial charge on any atom is 0.345 e. The van der Waals surface area contributed by atoms with Gasteiger partial charge in [0.05, 0.1) is 18.6 Å². The molecular formula is C12H13NO7. The number of carbonyl (C=O) groups is 2. The molecule has 0 radical (unpaired) electrons. The topological polar surface area (TPSA) is 105 Å². The van der Waals surface area contributed by atoms with Crippen LogP contribution in [0.4, 0.5) is 5.69 Å². The SMILES string of the molecule is CCOC(=O)COc1cccc(C(=O)OC)c1[N+](=O)[O-]. The maximum absolute atomic E-state index is 11.5. The Morgan fingerprint density at radius 1 is 1.35 bits per heavy atom. The molecule has 0 N–H and O–H groups in total. The van der Waals surface area contributed by atoms with Gasteiger partial charge in [-0.15, -0.1) is 0 Å². The molecule has 20 heavy (non-hydrogen) atoms. The van der Waals surface area contributed by atoms with E-state index in [9.17, 15) is 19.7 Å². The summed E-state index contributed by atoms with van der Waals surface area (Å²) in [5.74, 6) is -1.73. The van der Waals surface area contributed by atoms with Crippen LogP contribution in [0.2, 0.25) is 0 Å². The summed E-state index contributed by atoms with van der Waals surface area (Å²) < 4.78 is 14.1. The van der Waals surface area contributed by atoms with Crippen LogP contribution in [-0.4, -0.2) is 37.2 Å². The Hall–Kier alpha value is -2.64. The molecule has 8 heteroatoms. The minimum Gasteiger partial charge on any atom is -0.475 e. The molecule has 1 rings (SSSR count). The second kappa shape index (κ2) is 7.07. The molecular weight excluding hydrogens is 270 g/mol. The first-order valence-electron chi connectivity index (χ1n) is 5.65. The number of hydrogen-bond donors (Lipinski definition) is 0. The standard InChI is InChI=1S/C12H13NO7/c1-3-19-10(14)7-20-9-6-4-5-8(12(15)18-2)11(9)13(16)17/h4-6H,3,7H2,1-2H3. The third-order valence-corrected chi connectivity index (χ3v) is 2.24. The largest absolute Gasteiger partial charge is 0.475 e. The van der Waals surface area contributed by atoms with Crippen molar-refractivity contribution < 1.29 is 28.7 Å². The average molecular weight is 283 g/mol. The van der Waals surface area contributed by atoms with Crippen LogP contribution in [-0.2, 0) is 14.3 Å². The van der Waals surface area contributed by atoms with Gasteiger partial charge in [-0.3, -0.25) is 10.1 Å². The van der Waals surface area contributed by atoms with Gasteiger partial charge in [-0.2, -0.15) is 0 Å². The first-order valence-corrected chi connectivity index (χ1v) is 5.65. The molecule has 1 aromatic rings. The van der Waals surface area contributed by atoms with Gasteiger partial charge in [0.25, 0.3) is 0 Å². The van der Waals surface area contributed by atoms with E-state index in [1.807, 2.05) is 0 Å². The first kappa shape index (κ1) is 15.4. The van der Waals surface area contributed by atoms with Crippen LogP contribution in [0.15, 0.2) is 18.2 Å². The number of methoxy groups -OCH3 is 1. The van der Waals surface area contributed by atoms with E-state index in [4.69, 9.17) is 4.74 Å². The fourth-order valence-electron chi connectivity index (χ4n) is 1.44. The Bertz CT molecular complexity index is 527. The first-order chi connectivity index (χ1) is 9.51. The molecule has 0 aliphatic rings. The van der Waals surface area contributed by atoms with E-state index in [0.717, 1.165) is 7.11 Å². The third-order valence-electron chi connectivity index (χ3n) is 2.24. The van der Waals surface area contributed by atoms with Gasteiger partial charge in [0.1, 0.15) is 5.56 Å². The Kier molecular flexibility index (Phi) is 5.45. The Labute approximate surface area is 114 Å². The molecule has 0 fully saturated rings.